The number of aromatic amines is 1. The van der Waals surface area contributed by atoms with E-state index in [1.54, 1.807) is 11.1 Å². The van der Waals surface area contributed by atoms with Gasteiger partial charge in [-0.1, -0.05) is 24.3 Å². The van der Waals surface area contributed by atoms with Crippen LogP contribution in [-0.2, 0) is 24.3 Å². The molecule has 2 aromatic rings. The minimum absolute atomic E-state index is 0.111. The second kappa shape index (κ2) is 4.69. The number of rotatable bonds is 2. The van der Waals surface area contributed by atoms with E-state index in [-0.39, 0.29) is 24.5 Å². The number of nitrogens with zero attached hydrogens (tertiary/aromatic N) is 3. The number of urea groups is 1. The van der Waals surface area contributed by atoms with Crippen molar-refractivity contribution in [3.8, 4) is 0 Å². The summed E-state index contributed by atoms with van der Waals surface area (Å²) in [6, 6.07) is 7.43. The van der Waals surface area contributed by atoms with Crippen LogP contribution in [0.2, 0.25) is 0 Å². The Bertz CT molecular complexity index is 724. The van der Waals surface area contributed by atoms with Crippen molar-refractivity contribution in [1.29, 1.82) is 0 Å². The van der Waals surface area contributed by atoms with Crippen molar-refractivity contribution in [1.82, 2.24) is 20.0 Å². The zero-order valence-electron chi connectivity index (χ0n) is 12.2. The number of carbonyl (C=O) groups is 2. The lowest BCUT2D eigenvalue weighted by Crippen LogP contribution is -2.39. The van der Waals surface area contributed by atoms with Crippen LogP contribution in [0.15, 0.2) is 30.5 Å². The van der Waals surface area contributed by atoms with Gasteiger partial charge in [0.05, 0.1) is 12.7 Å². The van der Waals surface area contributed by atoms with Gasteiger partial charge in [-0.3, -0.25) is 14.8 Å². The van der Waals surface area contributed by atoms with E-state index in [2.05, 4.69) is 10.2 Å². The summed E-state index contributed by atoms with van der Waals surface area (Å²) >= 11 is 0. The third kappa shape index (κ3) is 1.83. The molecule has 0 saturated carbocycles. The van der Waals surface area contributed by atoms with E-state index in [4.69, 9.17) is 0 Å². The Labute approximate surface area is 127 Å². The van der Waals surface area contributed by atoms with E-state index in [1.807, 2.05) is 31.2 Å². The molecule has 0 spiro atoms. The smallest absolute Gasteiger partial charge is 0.308 e. The van der Waals surface area contributed by atoms with Crippen LogP contribution in [0, 0.1) is 6.92 Å². The molecule has 2 aliphatic rings. The highest BCUT2D eigenvalue weighted by Gasteiger charge is 2.47. The molecular formula is C16H16N4O2. The van der Waals surface area contributed by atoms with Gasteiger partial charge in [-0.15, -0.1) is 0 Å². The van der Waals surface area contributed by atoms with Crippen molar-refractivity contribution in [2.75, 3.05) is 0 Å². The number of amides is 3. The highest BCUT2D eigenvalue weighted by atomic mass is 16.2. The summed E-state index contributed by atoms with van der Waals surface area (Å²) in [6.45, 7) is 2.67. The number of imide groups is 1. The topological polar surface area (TPSA) is 69.3 Å². The molecule has 1 unspecified atom stereocenters. The van der Waals surface area contributed by atoms with Gasteiger partial charge in [-0.2, -0.15) is 5.10 Å². The number of hydrogen-bond donors (Lipinski definition) is 1. The maximum atomic E-state index is 12.6. The summed E-state index contributed by atoms with van der Waals surface area (Å²) in [5, 5.41) is 6.79. The number of carbonyl (C=O) groups excluding carboxylic acids is 2. The van der Waals surface area contributed by atoms with Gasteiger partial charge in [-0.25, -0.2) is 4.79 Å². The van der Waals surface area contributed by atoms with E-state index in [1.165, 1.54) is 4.90 Å². The van der Waals surface area contributed by atoms with Crippen LogP contribution in [0.4, 0.5) is 4.79 Å². The van der Waals surface area contributed by atoms with Crippen LogP contribution < -0.4 is 0 Å². The Morgan fingerprint density at radius 2 is 2.05 bits per heavy atom. The largest absolute Gasteiger partial charge is 0.328 e. The van der Waals surface area contributed by atoms with Gasteiger partial charge in [0.15, 0.2) is 0 Å². The lowest BCUT2D eigenvalue weighted by molar-refractivity contribution is -0.128. The Balaban J connectivity index is 1.63. The summed E-state index contributed by atoms with van der Waals surface area (Å²) in [5.74, 6) is -0.111. The predicted molar refractivity (Wildman–Crippen MR) is 78.7 cm³/mol. The van der Waals surface area contributed by atoms with Crippen LogP contribution in [-0.4, -0.2) is 38.0 Å². The fourth-order valence-corrected chi connectivity index (χ4v) is 3.22. The highest BCUT2D eigenvalue weighted by molar-refractivity contribution is 6.04. The molecule has 112 valence electrons. The van der Waals surface area contributed by atoms with Crippen LogP contribution in [0.3, 0.4) is 0 Å². The molecule has 0 aliphatic carbocycles. The zero-order chi connectivity index (χ0) is 15.3. The van der Waals surface area contributed by atoms with Crippen LogP contribution in [0.5, 0.6) is 0 Å². The van der Waals surface area contributed by atoms with Crippen LogP contribution in [0.1, 0.15) is 22.4 Å². The maximum absolute atomic E-state index is 12.6. The quantitative estimate of drug-likeness (QED) is 0.856. The average Bonchev–Trinajstić information content (AvgIpc) is 3.03. The predicted octanol–water partition coefficient (Wildman–Crippen LogP) is 1.61. The van der Waals surface area contributed by atoms with Crippen molar-refractivity contribution in [2.45, 2.75) is 32.5 Å². The molecule has 4 rings (SSSR count). The molecule has 1 atom stereocenters. The fourth-order valence-electron chi connectivity index (χ4n) is 3.22. The molecule has 1 aromatic heterocycles. The normalized spacial score (nSPS) is 20.3. The molecule has 1 fully saturated rings. The Morgan fingerprint density at radius 1 is 1.27 bits per heavy atom. The van der Waals surface area contributed by atoms with Crippen LogP contribution >= 0.6 is 0 Å². The molecular weight excluding hydrogens is 280 g/mol. The monoisotopic (exact) mass is 296 g/mol. The molecule has 0 radical (unpaired) electrons. The summed E-state index contributed by atoms with van der Waals surface area (Å²) in [5.41, 5.74) is 4.04. The molecule has 3 amide bonds. The molecule has 0 bridgehead atoms. The summed E-state index contributed by atoms with van der Waals surface area (Å²) in [7, 11) is 0. The van der Waals surface area contributed by atoms with E-state index >= 15 is 0 Å². The van der Waals surface area contributed by atoms with Gasteiger partial charge in [0.25, 0.3) is 5.91 Å². The van der Waals surface area contributed by atoms with E-state index in [0.29, 0.717) is 13.0 Å². The minimum Gasteiger partial charge on any atom is -0.308 e. The van der Waals surface area contributed by atoms with Crippen molar-refractivity contribution >= 4 is 11.9 Å². The molecule has 22 heavy (non-hydrogen) atoms. The van der Waals surface area contributed by atoms with Gasteiger partial charge in [0.2, 0.25) is 0 Å². The van der Waals surface area contributed by atoms with Crippen molar-refractivity contribution < 1.29 is 9.59 Å². The highest BCUT2D eigenvalue weighted by Crippen LogP contribution is 2.30. The number of aromatic nitrogens is 2. The number of hydrogen-bond acceptors (Lipinski definition) is 3. The molecule has 6 nitrogen and oxygen atoms in total. The number of benzene rings is 1. The summed E-state index contributed by atoms with van der Waals surface area (Å²) in [6.07, 6.45) is 2.27. The summed E-state index contributed by atoms with van der Waals surface area (Å²) in [4.78, 5) is 28.3. The van der Waals surface area contributed by atoms with Crippen molar-refractivity contribution in [3.05, 3.63) is 52.8 Å². The number of fused-ring (bicyclic) bond motifs is 2. The van der Waals surface area contributed by atoms with E-state index in [0.717, 1.165) is 22.4 Å². The lowest BCUT2D eigenvalue weighted by Gasteiger charge is -2.28. The second-order valence-electron chi connectivity index (χ2n) is 5.84. The number of nitrogens with one attached hydrogen (secondary N) is 1. The van der Waals surface area contributed by atoms with Gasteiger partial charge in [0, 0.05) is 24.2 Å². The standard InChI is InChI=1S/C16H16N4O2/c1-10-13(7-17-18-10)9-20-15(21)14-6-11-4-2-3-5-12(11)8-19(14)16(20)22/h2-5,7,14H,6,8-9H2,1H3,(H,17,18). The van der Waals surface area contributed by atoms with Gasteiger partial charge >= 0.3 is 6.03 Å². The van der Waals surface area contributed by atoms with Crippen LogP contribution in [0.25, 0.3) is 0 Å². The van der Waals surface area contributed by atoms with Gasteiger partial charge < -0.3 is 4.90 Å². The van der Waals surface area contributed by atoms with Crippen molar-refractivity contribution in [3.63, 3.8) is 0 Å². The zero-order valence-corrected chi connectivity index (χ0v) is 12.2. The second-order valence-corrected chi connectivity index (χ2v) is 5.84. The number of aryl methyl sites for hydroxylation is 1. The van der Waals surface area contributed by atoms with E-state index < -0.39 is 0 Å². The maximum Gasteiger partial charge on any atom is 0.328 e. The Hall–Kier alpha value is -2.63. The van der Waals surface area contributed by atoms with E-state index in [9.17, 15) is 9.59 Å². The summed E-state index contributed by atoms with van der Waals surface area (Å²) < 4.78 is 0. The Kier molecular flexibility index (Phi) is 2.79. The van der Waals surface area contributed by atoms with Gasteiger partial charge in [-0.05, 0) is 18.1 Å². The molecule has 2 aliphatic heterocycles. The molecule has 6 heteroatoms. The third-order valence-corrected chi connectivity index (χ3v) is 4.54. The van der Waals surface area contributed by atoms with Gasteiger partial charge in [0.1, 0.15) is 6.04 Å². The third-order valence-electron chi connectivity index (χ3n) is 4.54. The first-order valence-electron chi connectivity index (χ1n) is 7.33. The first kappa shape index (κ1) is 13.1. The van der Waals surface area contributed by atoms with Crippen molar-refractivity contribution in [2.24, 2.45) is 0 Å². The molecule has 1 saturated heterocycles. The lowest BCUT2D eigenvalue weighted by atomic mass is 9.95. The number of H-pyrrole nitrogens is 1. The molecule has 1 N–H and O–H groups in total. The minimum atomic E-state index is -0.366. The first-order valence-corrected chi connectivity index (χ1v) is 7.33. The Morgan fingerprint density at radius 3 is 2.77 bits per heavy atom. The first-order chi connectivity index (χ1) is 10.6. The fraction of sp³-hybridized carbons (Fsp3) is 0.312. The molecule has 3 heterocycles. The average molecular weight is 296 g/mol. The SMILES string of the molecule is Cc1[nH]ncc1CN1C(=O)C2Cc3ccccc3CN2C1=O. The molecule has 1 aromatic carbocycles.